The van der Waals surface area contributed by atoms with Gasteiger partial charge in [-0.1, -0.05) is 0 Å². The van der Waals surface area contributed by atoms with Crippen molar-refractivity contribution in [3.05, 3.63) is 0 Å². The van der Waals surface area contributed by atoms with Gasteiger partial charge in [-0.15, -0.1) is 0 Å². The van der Waals surface area contributed by atoms with Gasteiger partial charge in [-0.3, -0.25) is 0 Å². The smallest absolute Gasteiger partial charge is 0.410 e. The Bertz CT molecular complexity index is 289. The lowest BCUT2D eigenvalue weighted by atomic mass is 10.0. The number of nitrogens with zero attached hydrogens (tertiary/aromatic N) is 1. The van der Waals surface area contributed by atoms with Gasteiger partial charge in [0.25, 0.3) is 5.92 Å². The summed E-state index contributed by atoms with van der Waals surface area (Å²) < 4.78 is 36.8. The van der Waals surface area contributed by atoms with E-state index < -0.39 is 30.3 Å². The quantitative estimate of drug-likeness (QED) is 0.717. The third-order valence-corrected chi connectivity index (χ3v) is 2.47. The molecule has 1 saturated heterocycles. The Labute approximate surface area is 99.9 Å². The lowest BCUT2D eigenvalue weighted by molar-refractivity contribution is -0.159. The fourth-order valence-corrected chi connectivity index (χ4v) is 1.69. The highest BCUT2D eigenvalue weighted by Gasteiger charge is 2.46. The van der Waals surface area contributed by atoms with Crippen molar-refractivity contribution in [2.24, 2.45) is 0 Å². The van der Waals surface area contributed by atoms with E-state index in [0.29, 0.717) is 0 Å². The van der Waals surface area contributed by atoms with E-state index in [2.05, 4.69) is 0 Å². The maximum Gasteiger partial charge on any atom is 0.410 e. The van der Waals surface area contributed by atoms with Crippen LogP contribution in [-0.4, -0.2) is 48.8 Å². The molecule has 0 aromatic carbocycles. The summed E-state index contributed by atoms with van der Waals surface area (Å²) in [6.45, 7) is 4.67. The molecule has 4 nitrogen and oxygen atoms in total. The van der Waals surface area contributed by atoms with Gasteiger partial charge >= 0.3 is 6.09 Å². The number of amides is 1. The Balaban J connectivity index is 2.62. The largest absolute Gasteiger partial charge is 0.444 e. The molecule has 17 heavy (non-hydrogen) atoms. The minimum absolute atomic E-state index is 0.114. The Hall–Kier alpha value is -0.910. The number of rotatable bonds is 1. The second-order valence-electron chi connectivity index (χ2n) is 5.18. The van der Waals surface area contributed by atoms with E-state index in [1.54, 1.807) is 20.8 Å². The van der Waals surface area contributed by atoms with Crippen LogP contribution in [0.4, 0.5) is 13.6 Å². The Morgan fingerprint density at radius 2 is 2.00 bits per heavy atom. The average Bonchev–Trinajstić information content (AvgIpc) is 2.13. The minimum Gasteiger partial charge on any atom is -0.444 e. The summed E-state index contributed by atoms with van der Waals surface area (Å²) in [4.78, 5) is 12.7. The number of hydrogen-bond donors (Lipinski definition) is 0. The molecule has 0 radical (unpaired) electrons. The van der Waals surface area contributed by atoms with Gasteiger partial charge in [0.15, 0.2) is 0 Å². The predicted octanol–water partition coefficient (Wildman–Crippen LogP) is 2.28. The molecule has 1 aliphatic heterocycles. The van der Waals surface area contributed by atoms with E-state index in [1.165, 1.54) is 7.11 Å². The van der Waals surface area contributed by atoms with Gasteiger partial charge in [0.1, 0.15) is 11.7 Å². The van der Waals surface area contributed by atoms with Crippen molar-refractivity contribution in [1.29, 1.82) is 0 Å². The number of halogens is 2. The van der Waals surface area contributed by atoms with Crippen LogP contribution in [0.2, 0.25) is 0 Å². The first-order valence-electron chi connectivity index (χ1n) is 5.54. The number of carbonyl (C=O) groups excluding carboxylic acids is 1. The van der Waals surface area contributed by atoms with Gasteiger partial charge in [0.2, 0.25) is 0 Å². The van der Waals surface area contributed by atoms with Gasteiger partial charge in [0.05, 0.1) is 6.54 Å². The summed E-state index contributed by atoms with van der Waals surface area (Å²) in [6.07, 6.45) is -1.71. The molecule has 0 bridgehead atoms. The monoisotopic (exact) mass is 251 g/mol. The highest BCUT2D eigenvalue weighted by Crippen LogP contribution is 2.30. The van der Waals surface area contributed by atoms with Gasteiger partial charge in [0, 0.05) is 13.7 Å². The van der Waals surface area contributed by atoms with Crippen molar-refractivity contribution >= 4 is 6.09 Å². The molecule has 1 rings (SSSR count). The van der Waals surface area contributed by atoms with Crippen LogP contribution >= 0.6 is 0 Å². The van der Waals surface area contributed by atoms with Crippen molar-refractivity contribution in [3.8, 4) is 0 Å². The van der Waals surface area contributed by atoms with Crippen LogP contribution in [0.5, 0.6) is 0 Å². The number of ether oxygens (including phenoxy) is 2. The molecular formula is C11H19F2NO3. The SMILES string of the molecule is CO[C@@H]1CCN(C(=O)OC(C)(C)C)CC1(F)F. The van der Waals surface area contributed by atoms with Gasteiger partial charge < -0.3 is 14.4 Å². The van der Waals surface area contributed by atoms with Crippen molar-refractivity contribution in [1.82, 2.24) is 4.90 Å². The first kappa shape index (κ1) is 14.2. The molecule has 1 atom stereocenters. The zero-order valence-corrected chi connectivity index (χ0v) is 10.6. The van der Waals surface area contributed by atoms with E-state index in [0.717, 1.165) is 4.90 Å². The number of piperidine rings is 1. The molecule has 100 valence electrons. The molecule has 0 spiro atoms. The van der Waals surface area contributed by atoms with Crippen LogP contribution in [0.3, 0.4) is 0 Å². The van der Waals surface area contributed by atoms with Crippen LogP contribution < -0.4 is 0 Å². The zero-order valence-electron chi connectivity index (χ0n) is 10.6. The molecule has 1 heterocycles. The number of likely N-dealkylation sites (tertiary alicyclic amines) is 1. The molecule has 0 aromatic heterocycles. The maximum absolute atomic E-state index is 13.5. The topological polar surface area (TPSA) is 38.8 Å². The predicted molar refractivity (Wildman–Crippen MR) is 58.2 cm³/mol. The molecule has 0 aromatic rings. The lowest BCUT2D eigenvalue weighted by Gasteiger charge is -2.37. The van der Waals surface area contributed by atoms with Crippen LogP contribution in [-0.2, 0) is 9.47 Å². The molecule has 1 aliphatic rings. The van der Waals surface area contributed by atoms with Gasteiger partial charge in [-0.25, -0.2) is 13.6 Å². The maximum atomic E-state index is 13.5. The van der Waals surface area contributed by atoms with E-state index in [9.17, 15) is 13.6 Å². The van der Waals surface area contributed by atoms with E-state index in [4.69, 9.17) is 9.47 Å². The number of carbonyl (C=O) groups is 1. The fraction of sp³-hybridized carbons (Fsp3) is 0.909. The fourth-order valence-electron chi connectivity index (χ4n) is 1.69. The molecule has 0 N–H and O–H groups in total. The second-order valence-corrected chi connectivity index (χ2v) is 5.18. The molecule has 6 heteroatoms. The normalized spacial score (nSPS) is 24.6. The summed E-state index contributed by atoms with van der Waals surface area (Å²) >= 11 is 0. The Kier molecular flexibility index (Phi) is 3.96. The molecule has 1 fully saturated rings. The molecule has 1 amide bonds. The molecular weight excluding hydrogens is 232 g/mol. The average molecular weight is 251 g/mol. The standard InChI is InChI=1S/C11H19F2NO3/c1-10(2,3)17-9(15)14-6-5-8(16-4)11(12,13)7-14/h8H,5-7H2,1-4H3/t8-/m1/s1. The number of hydrogen-bond acceptors (Lipinski definition) is 3. The summed E-state index contributed by atoms with van der Waals surface area (Å²) in [6, 6.07) is 0. The van der Waals surface area contributed by atoms with Crippen LogP contribution in [0, 0.1) is 0 Å². The summed E-state index contributed by atoms with van der Waals surface area (Å²) in [5, 5.41) is 0. The van der Waals surface area contributed by atoms with Gasteiger partial charge in [-0.2, -0.15) is 0 Å². The summed E-state index contributed by atoms with van der Waals surface area (Å²) in [5.41, 5.74) is -0.676. The first-order chi connectivity index (χ1) is 7.65. The van der Waals surface area contributed by atoms with Crippen molar-refractivity contribution in [2.45, 2.75) is 44.8 Å². The van der Waals surface area contributed by atoms with E-state index in [-0.39, 0.29) is 13.0 Å². The van der Waals surface area contributed by atoms with Crippen LogP contribution in [0.15, 0.2) is 0 Å². The van der Waals surface area contributed by atoms with Crippen LogP contribution in [0.25, 0.3) is 0 Å². The highest BCUT2D eigenvalue weighted by atomic mass is 19.3. The van der Waals surface area contributed by atoms with E-state index >= 15 is 0 Å². The third kappa shape index (κ3) is 3.80. The zero-order chi connectivity index (χ0) is 13.3. The third-order valence-electron chi connectivity index (χ3n) is 2.47. The Morgan fingerprint density at radius 1 is 1.41 bits per heavy atom. The molecule has 0 saturated carbocycles. The van der Waals surface area contributed by atoms with Crippen molar-refractivity contribution in [3.63, 3.8) is 0 Å². The summed E-state index contributed by atoms with van der Waals surface area (Å²) in [5.74, 6) is -3.02. The number of alkyl halides is 2. The first-order valence-corrected chi connectivity index (χ1v) is 5.54. The van der Waals surface area contributed by atoms with Crippen molar-refractivity contribution < 1.29 is 23.0 Å². The van der Waals surface area contributed by atoms with Crippen molar-refractivity contribution in [2.75, 3.05) is 20.2 Å². The lowest BCUT2D eigenvalue weighted by Crippen LogP contribution is -2.54. The molecule has 0 aliphatic carbocycles. The van der Waals surface area contributed by atoms with Gasteiger partial charge in [-0.05, 0) is 27.2 Å². The Morgan fingerprint density at radius 3 is 2.41 bits per heavy atom. The van der Waals surface area contributed by atoms with Crippen LogP contribution in [0.1, 0.15) is 27.2 Å². The highest BCUT2D eigenvalue weighted by molar-refractivity contribution is 5.68. The minimum atomic E-state index is -3.02. The summed E-state index contributed by atoms with van der Waals surface area (Å²) in [7, 11) is 1.25. The second kappa shape index (κ2) is 4.76. The van der Waals surface area contributed by atoms with E-state index in [1.807, 2.05) is 0 Å². The number of methoxy groups -OCH3 is 1. The molecule has 0 unspecified atom stereocenters.